The van der Waals surface area contributed by atoms with Gasteiger partial charge in [-0.2, -0.15) is 4.98 Å². The molecular weight excluding hydrogens is 446 g/mol. The Balaban J connectivity index is 2.10. The lowest BCUT2D eigenvalue weighted by Crippen LogP contribution is -2.50. The van der Waals surface area contributed by atoms with E-state index < -0.39 is 42.6 Å². The quantitative estimate of drug-likeness (QED) is 0.104. The molecule has 1 aliphatic rings. The van der Waals surface area contributed by atoms with Crippen molar-refractivity contribution in [1.29, 1.82) is 0 Å². The fraction of sp³-hybridized carbons (Fsp3) is 0.588. The van der Waals surface area contributed by atoms with E-state index in [0.717, 1.165) is 22.7 Å². The topological polar surface area (TPSA) is 209 Å². The average Bonchev–Trinajstić information content (AvgIpc) is 3.32. The van der Waals surface area contributed by atoms with Gasteiger partial charge >= 0.3 is 0 Å². The van der Waals surface area contributed by atoms with Crippen LogP contribution in [0.4, 0.5) is 5.82 Å². The second-order valence-electron chi connectivity index (χ2n) is 7.52. The number of aliphatic hydroxyl groups is 3. The highest BCUT2D eigenvalue weighted by atomic mass is 32.2. The van der Waals surface area contributed by atoms with Crippen LogP contribution in [0.2, 0.25) is 0 Å². The van der Waals surface area contributed by atoms with Crippen LogP contribution in [0, 0.1) is 5.92 Å². The summed E-state index contributed by atoms with van der Waals surface area (Å²) in [7, 11) is 0. The molecule has 15 heteroatoms. The van der Waals surface area contributed by atoms with Crippen molar-refractivity contribution in [3.05, 3.63) is 6.33 Å². The Kier molecular flexibility index (Phi) is 6.99. The predicted octanol–water partition coefficient (Wildman–Crippen LogP) is -2.28. The maximum atomic E-state index is 12.3. The van der Waals surface area contributed by atoms with Gasteiger partial charge < -0.3 is 25.8 Å². The van der Waals surface area contributed by atoms with E-state index in [9.17, 15) is 30.1 Å². The number of carbonyl (C=O) groups excluding carboxylic acids is 2. The van der Waals surface area contributed by atoms with Crippen molar-refractivity contribution in [2.75, 3.05) is 18.0 Å². The number of aldehydes is 1. The smallest absolute Gasteiger partial charge is 0.257 e. The molecule has 0 bridgehead atoms. The SMILES string of the molecule is CSc1nc(N(O)NC(=O)[C@@H](N)C(C)C)c2ncn([C@]3(C=O)O[C@H](CO)[C@@H](O)[C@H]3O)c2n1. The van der Waals surface area contributed by atoms with E-state index in [4.69, 9.17) is 10.5 Å². The zero-order valence-corrected chi connectivity index (χ0v) is 18.3. The van der Waals surface area contributed by atoms with E-state index >= 15 is 0 Å². The summed E-state index contributed by atoms with van der Waals surface area (Å²) in [6, 6.07) is -0.906. The Morgan fingerprint density at radius 1 is 1.47 bits per heavy atom. The lowest BCUT2D eigenvalue weighted by molar-refractivity contribution is -0.160. The van der Waals surface area contributed by atoms with E-state index in [1.165, 1.54) is 0 Å². The standard InChI is InChI=1S/C17H25N7O7S/c1-7(2)9(18)15(29)22-24(30)14-10-13(20-16(21-14)32-3)23(6-19-10)17(5-26)12(28)11(27)8(4-25)31-17/h5-9,11-12,25,27-28,30H,4,18H2,1-3H3,(H,22,29)/t8-,9+,11-,12-,17-/m1/s1. The second-order valence-corrected chi connectivity index (χ2v) is 8.30. The number of aliphatic hydroxyl groups excluding tert-OH is 3. The third-order valence-electron chi connectivity index (χ3n) is 5.17. The number of thioether (sulfide) groups is 1. The van der Waals surface area contributed by atoms with Crippen molar-refractivity contribution in [3.63, 3.8) is 0 Å². The molecule has 14 nitrogen and oxygen atoms in total. The third-order valence-corrected chi connectivity index (χ3v) is 5.72. The van der Waals surface area contributed by atoms with Crippen molar-refractivity contribution < 1.29 is 34.9 Å². The molecule has 7 N–H and O–H groups in total. The number of amides is 1. The molecule has 3 heterocycles. The number of anilines is 1. The summed E-state index contributed by atoms with van der Waals surface area (Å²) in [6.07, 6.45) is -1.53. The molecule has 1 aliphatic heterocycles. The van der Waals surface area contributed by atoms with E-state index in [0.29, 0.717) is 5.17 Å². The highest BCUT2D eigenvalue weighted by Crippen LogP contribution is 2.37. The third kappa shape index (κ3) is 3.92. The van der Waals surface area contributed by atoms with Crippen molar-refractivity contribution in [2.24, 2.45) is 11.7 Å². The van der Waals surface area contributed by atoms with Gasteiger partial charge in [-0.15, -0.1) is 5.17 Å². The number of nitrogens with two attached hydrogens (primary N) is 1. The zero-order chi connectivity index (χ0) is 23.8. The first kappa shape index (κ1) is 24.2. The van der Waals surface area contributed by atoms with E-state index in [2.05, 4.69) is 20.4 Å². The van der Waals surface area contributed by atoms with Crippen LogP contribution in [0.15, 0.2) is 11.5 Å². The monoisotopic (exact) mass is 471 g/mol. The Morgan fingerprint density at radius 2 is 2.16 bits per heavy atom. The van der Waals surface area contributed by atoms with E-state index in [1.54, 1.807) is 20.1 Å². The number of imidazole rings is 1. The van der Waals surface area contributed by atoms with Crippen LogP contribution in [0.1, 0.15) is 13.8 Å². The molecule has 0 aliphatic carbocycles. The molecule has 0 saturated carbocycles. The van der Waals surface area contributed by atoms with Crippen molar-refractivity contribution in [1.82, 2.24) is 24.9 Å². The molecule has 2 aromatic heterocycles. The first-order valence-corrected chi connectivity index (χ1v) is 10.8. The second kappa shape index (κ2) is 9.22. The minimum absolute atomic E-state index is 0.0438. The van der Waals surface area contributed by atoms with E-state index in [-0.39, 0.29) is 34.3 Å². The lowest BCUT2D eigenvalue weighted by atomic mass is 10.0. The number of rotatable bonds is 8. The van der Waals surface area contributed by atoms with Gasteiger partial charge in [0.2, 0.25) is 11.5 Å². The molecule has 0 unspecified atom stereocenters. The maximum Gasteiger partial charge on any atom is 0.257 e. The Labute approximate surface area is 186 Å². The number of carbonyl (C=O) groups is 2. The summed E-state index contributed by atoms with van der Waals surface area (Å²) >= 11 is 1.09. The van der Waals surface area contributed by atoms with Gasteiger partial charge in [-0.3, -0.25) is 19.4 Å². The number of fused-ring (bicyclic) bond motifs is 1. The van der Waals surface area contributed by atoms with Gasteiger partial charge in [0.05, 0.1) is 12.6 Å². The van der Waals surface area contributed by atoms with Crippen LogP contribution in [0.25, 0.3) is 11.2 Å². The number of aromatic nitrogens is 4. The number of hydrogen-bond acceptors (Lipinski definition) is 13. The molecule has 1 fully saturated rings. The first-order chi connectivity index (χ1) is 15.1. The zero-order valence-electron chi connectivity index (χ0n) is 17.5. The van der Waals surface area contributed by atoms with Gasteiger partial charge in [0.15, 0.2) is 22.6 Å². The minimum Gasteiger partial charge on any atom is -0.394 e. The Bertz CT molecular complexity index is 1010. The molecule has 176 valence electrons. The molecule has 1 saturated heterocycles. The molecule has 1 amide bonds. The van der Waals surface area contributed by atoms with Crippen molar-refractivity contribution in [2.45, 2.75) is 49.1 Å². The molecule has 2 aromatic rings. The molecule has 5 atom stereocenters. The molecule has 0 aromatic carbocycles. The molecule has 0 radical (unpaired) electrons. The summed E-state index contributed by atoms with van der Waals surface area (Å²) < 4.78 is 6.56. The van der Waals surface area contributed by atoms with Crippen LogP contribution in [0.5, 0.6) is 0 Å². The fourth-order valence-electron chi connectivity index (χ4n) is 3.22. The lowest BCUT2D eigenvalue weighted by Gasteiger charge is -2.27. The summed E-state index contributed by atoms with van der Waals surface area (Å²) in [5.41, 5.74) is 5.76. The highest BCUT2D eigenvalue weighted by molar-refractivity contribution is 7.98. The van der Waals surface area contributed by atoms with Crippen LogP contribution >= 0.6 is 11.8 Å². The molecule has 3 rings (SSSR count). The number of hydrazine groups is 1. The number of nitrogens with one attached hydrogen (secondary N) is 1. The summed E-state index contributed by atoms with van der Waals surface area (Å²) in [5.74, 6) is -1.10. The van der Waals surface area contributed by atoms with Gasteiger partial charge in [-0.25, -0.2) is 15.4 Å². The molecular formula is C17H25N7O7S. The van der Waals surface area contributed by atoms with Gasteiger partial charge in [-0.1, -0.05) is 25.6 Å². The minimum atomic E-state index is -2.15. The Morgan fingerprint density at radius 3 is 2.69 bits per heavy atom. The van der Waals surface area contributed by atoms with Crippen LogP contribution in [-0.2, 0) is 20.1 Å². The van der Waals surface area contributed by atoms with E-state index in [1.807, 2.05) is 0 Å². The number of hydrogen-bond donors (Lipinski definition) is 6. The maximum absolute atomic E-state index is 12.3. The van der Waals surface area contributed by atoms with Crippen LogP contribution in [0.3, 0.4) is 0 Å². The van der Waals surface area contributed by atoms with Crippen molar-refractivity contribution >= 4 is 40.9 Å². The Hall–Kier alpha value is -2.40. The van der Waals surface area contributed by atoms with Gasteiger partial charge in [0.1, 0.15) is 24.6 Å². The summed E-state index contributed by atoms with van der Waals surface area (Å²) in [6.45, 7) is 2.83. The predicted molar refractivity (Wildman–Crippen MR) is 110 cm³/mol. The number of ether oxygens (including phenoxy) is 1. The highest BCUT2D eigenvalue weighted by Gasteiger charge is 2.56. The van der Waals surface area contributed by atoms with Gasteiger partial charge in [-0.05, 0) is 12.2 Å². The molecule has 32 heavy (non-hydrogen) atoms. The van der Waals surface area contributed by atoms with Gasteiger partial charge in [0.25, 0.3) is 5.91 Å². The molecule has 0 spiro atoms. The summed E-state index contributed by atoms with van der Waals surface area (Å²) in [4.78, 5) is 36.8. The van der Waals surface area contributed by atoms with Crippen molar-refractivity contribution in [3.8, 4) is 0 Å². The van der Waals surface area contributed by atoms with Gasteiger partial charge in [0, 0.05) is 0 Å². The average molecular weight is 471 g/mol. The van der Waals surface area contributed by atoms with Crippen LogP contribution in [-0.4, -0.2) is 89.5 Å². The largest absolute Gasteiger partial charge is 0.394 e. The number of nitrogens with zero attached hydrogens (tertiary/aromatic N) is 5. The first-order valence-electron chi connectivity index (χ1n) is 9.57. The van der Waals surface area contributed by atoms with Crippen LogP contribution < -0.4 is 16.3 Å². The summed E-state index contributed by atoms with van der Waals surface area (Å²) in [5, 5.41) is 41.1. The normalized spacial score (nSPS) is 26.5. The fourth-order valence-corrected chi connectivity index (χ4v) is 3.58.